The van der Waals surface area contributed by atoms with Crippen LogP contribution in [0.2, 0.25) is 0 Å². The predicted octanol–water partition coefficient (Wildman–Crippen LogP) is 5.44. The fourth-order valence-corrected chi connectivity index (χ4v) is 3.96. The number of carboxylic acids is 1. The lowest BCUT2D eigenvalue weighted by Crippen LogP contribution is -2.30. The highest BCUT2D eigenvalue weighted by Gasteiger charge is 2.28. The number of benzene rings is 1. The number of pyridine rings is 1. The van der Waals surface area contributed by atoms with E-state index >= 15 is 0 Å². The maximum absolute atomic E-state index is 11.3. The van der Waals surface area contributed by atoms with Gasteiger partial charge in [-0.15, -0.1) is 0 Å². The number of carboxylic acid groups (broad SMARTS) is 1. The number of ether oxygens (including phenoxy) is 1. The number of hydrogen-bond donors (Lipinski definition) is 2. The lowest BCUT2D eigenvalue weighted by Gasteiger charge is -2.19. The van der Waals surface area contributed by atoms with Crippen molar-refractivity contribution in [1.82, 2.24) is 20.1 Å². The maximum atomic E-state index is 11.3. The normalized spacial score (nSPS) is 14.3. The Hall–Kier alpha value is -3.87. The molecule has 7 heteroatoms. The molecule has 3 aromatic rings. The van der Waals surface area contributed by atoms with Gasteiger partial charge in [0.2, 0.25) is 0 Å². The lowest BCUT2D eigenvalue weighted by molar-refractivity contribution is -0.148. The monoisotopic (exact) mass is 472 g/mol. The van der Waals surface area contributed by atoms with Gasteiger partial charge >= 0.3 is 5.97 Å². The van der Waals surface area contributed by atoms with Gasteiger partial charge in [-0.05, 0) is 88.6 Å². The molecule has 1 aromatic carbocycles. The Labute approximate surface area is 206 Å². The summed E-state index contributed by atoms with van der Waals surface area (Å²) in [5.74, 6) is -0.252. The summed E-state index contributed by atoms with van der Waals surface area (Å²) < 4.78 is 7.58. The zero-order valence-electron chi connectivity index (χ0n) is 20.9. The molecule has 1 aliphatic rings. The fraction of sp³-hybridized carbons (Fsp3) is 0.321. The van der Waals surface area contributed by atoms with E-state index in [1.165, 1.54) is 5.57 Å². The van der Waals surface area contributed by atoms with Gasteiger partial charge in [0.15, 0.2) is 0 Å². The molecule has 0 aliphatic carbocycles. The Morgan fingerprint density at radius 1 is 1.14 bits per heavy atom. The Bertz CT molecular complexity index is 1280. The van der Waals surface area contributed by atoms with E-state index in [4.69, 9.17) is 9.72 Å². The Balaban J connectivity index is 1.49. The highest BCUT2D eigenvalue weighted by atomic mass is 16.5. The molecular weight excluding hydrogens is 440 g/mol. The SMILES string of the molecule is CC1=C(c2ccc(-c3ccc(OCC(C)(C)C(=O)O)cc3)nc2)NC(c2cc(C)nn2C)=CCC1. The quantitative estimate of drug-likeness (QED) is 0.476. The van der Waals surface area contributed by atoms with Crippen LogP contribution >= 0.6 is 0 Å². The first-order valence-electron chi connectivity index (χ1n) is 11.7. The number of carbonyl (C=O) groups is 1. The van der Waals surface area contributed by atoms with Crippen molar-refractivity contribution in [2.45, 2.75) is 40.5 Å². The minimum absolute atomic E-state index is 0.102. The Morgan fingerprint density at radius 3 is 2.46 bits per heavy atom. The Kier molecular flexibility index (Phi) is 6.78. The van der Waals surface area contributed by atoms with E-state index in [1.54, 1.807) is 13.8 Å². The molecule has 0 saturated carbocycles. The number of allylic oxidation sites excluding steroid dienone is 2. The molecule has 0 unspecified atom stereocenters. The molecule has 4 rings (SSSR count). The molecule has 7 nitrogen and oxygen atoms in total. The Morgan fingerprint density at radius 2 is 1.86 bits per heavy atom. The van der Waals surface area contributed by atoms with Crippen molar-refractivity contribution in [3.63, 3.8) is 0 Å². The minimum Gasteiger partial charge on any atom is -0.492 e. The van der Waals surface area contributed by atoms with Gasteiger partial charge in [-0.2, -0.15) is 5.10 Å². The summed E-state index contributed by atoms with van der Waals surface area (Å²) in [5.41, 5.74) is 7.40. The highest BCUT2D eigenvalue weighted by Crippen LogP contribution is 2.29. The first-order valence-corrected chi connectivity index (χ1v) is 11.7. The second-order valence-corrected chi connectivity index (χ2v) is 9.67. The van der Waals surface area contributed by atoms with Crippen molar-refractivity contribution >= 4 is 17.4 Å². The van der Waals surface area contributed by atoms with Crippen molar-refractivity contribution in [2.24, 2.45) is 12.5 Å². The van der Waals surface area contributed by atoms with Crippen LogP contribution < -0.4 is 10.1 Å². The largest absolute Gasteiger partial charge is 0.492 e. The van der Waals surface area contributed by atoms with E-state index in [1.807, 2.05) is 55.2 Å². The molecule has 0 saturated heterocycles. The zero-order valence-corrected chi connectivity index (χ0v) is 20.9. The summed E-state index contributed by atoms with van der Waals surface area (Å²) in [6, 6.07) is 13.8. The van der Waals surface area contributed by atoms with Crippen molar-refractivity contribution in [2.75, 3.05) is 6.61 Å². The van der Waals surface area contributed by atoms with Crippen molar-refractivity contribution in [3.8, 4) is 17.0 Å². The van der Waals surface area contributed by atoms with Gasteiger partial charge in [-0.3, -0.25) is 14.5 Å². The number of aliphatic carboxylic acids is 1. The van der Waals surface area contributed by atoms with E-state index in [-0.39, 0.29) is 6.61 Å². The van der Waals surface area contributed by atoms with Gasteiger partial charge in [0.25, 0.3) is 0 Å². The number of aromatic nitrogens is 3. The molecule has 1 aliphatic heterocycles. The van der Waals surface area contributed by atoms with E-state index in [9.17, 15) is 9.90 Å². The predicted molar refractivity (Wildman–Crippen MR) is 137 cm³/mol. The van der Waals surface area contributed by atoms with Crippen molar-refractivity contribution in [1.29, 1.82) is 0 Å². The van der Waals surface area contributed by atoms with Crippen LogP contribution in [-0.2, 0) is 11.8 Å². The number of nitrogens with zero attached hydrogens (tertiary/aromatic N) is 3. The molecule has 0 bridgehead atoms. The van der Waals surface area contributed by atoms with Gasteiger partial charge in [0, 0.05) is 30.1 Å². The van der Waals surface area contributed by atoms with Crippen LogP contribution in [0.5, 0.6) is 5.75 Å². The summed E-state index contributed by atoms with van der Waals surface area (Å²) in [6.07, 6.45) is 6.07. The zero-order chi connectivity index (χ0) is 25.2. The van der Waals surface area contributed by atoms with Crippen LogP contribution in [0.4, 0.5) is 0 Å². The van der Waals surface area contributed by atoms with Gasteiger partial charge in [-0.1, -0.05) is 6.08 Å². The van der Waals surface area contributed by atoms with Gasteiger partial charge in [0.05, 0.1) is 28.2 Å². The second kappa shape index (κ2) is 9.78. The first-order chi connectivity index (χ1) is 16.6. The number of nitrogens with one attached hydrogen (secondary N) is 1. The van der Waals surface area contributed by atoms with E-state index in [2.05, 4.69) is 35.5 Å². The van der Waals surface area contributed by atoms with E-state index in [0.717, 1.165) is 52.4 Å². The molecule has 0 radical (unpaired) electrons. The maximum Gasteiger partial charge on any atom is 0.312 e. The van der Waals surface area contributed by atoms with Crippen molar-refractivity contribution in [3.05, 3.63) is 77.3 Å². The molecule has 2 N–H and O–H groups in total. The lowest BCUT2D eigenvalue weighted by atomic mass is 9.95. The van der Waals surface area contributed by atoms with E-state index < -0.39 is 11.4 Å². The summed E-state index contributed by atoms with van der Waals surface area (Å²) in [7, 11) is 1.96. The smallest absolute Gasteiger partial charge is 0.312 e. The van der Waals surface area contributed by atoms with Crippen LogP contribution in [0.3, 0.4) is 0 Å². The molecular formula is C28H32N4O3. The summed E-state index contributed by atoms with van der Waals surface area (Å²) in [5, 5.41) is 17.4. The van der Waals surface area contributed by atoms with Crippen LogP contribution in [0, 0.1) is 12.3 Å². The standard InChI is InChI=1S/C28H32N4O3/c1-18-7-6-8-24(25-15-19(2)31-32(25)5)30-26(18)21-11-14-23(29-16-21)20-9-12-22(13-10-20)35-17-28(3,4)27(33)34/h8-16,30H,6-7,17H2,1-5H3,(H,33,34). The number of rotatable bonds is 7. The summed E-state index contributed by atoms with van der Waals surface area (Å²) >= 11 is 0. The molecule has 0 fully saturated rings. The third-order valence-electron chi connectivity index (χ3n) is 6.21. The summed E-state index contributed by atoms with van der Waals surface area (Å²) in [6.45, 7) is 7.55. The molecule has 182 valence electrons. The third kappa shape index (κ3) is 5.45. The van der Waals surface area contributed by atoms with Crippen LogP contribution in [0.1, 0.15) is 50.6 Å². The second-order valence-electron chi connectivity index (χ2n) is 9.67. The summed E-state index contributed by atoms with van der Waals surface area (Å²) in [4.78, 5) is 16.0. The molecule has 0 spiro atoms. The van der Waals surface area contributed by atoms with Gasteiger partial charge in [-0.25, -0.2) is 0 Å². The van der Waals surface area contributed by atoms with Crippen LogP contribution in [0.15, 0.2) is 60.3 Å². The first kappa shape index (κ1) is 24.3. The van der Waals surface area contributed by atoms with Gasteiger partial charge in [0.1, 0.15) is 12.4 Å². The molecule has 3 heterocycles. The molecule has 2 aromatic heterocycles. The topological polar surface area (TPSA) is 89.3 Å². The van der Waals surface area contributed by atoms with Crippen LogP contribution in [0.25, 0.3) is 22.7 Å². The van der Waals surface area contributed by atoms with Gasteiger partial charge < -0.3 is 15.2 Å². The molecule has 35 heavy (non-hydrogen) atoms. The molecule has 0 atom stereocenters. The minimum atomic E-state index is -0.945. The third-order valence-corrected chi connectivity index (χ3v) is 6.21. The average Bonchev–Trinajstić information content (AvgIpc) is 3.05. The number of hydrogen-bond acceptors (Lipinski definition) is 5. The van der Waals surface area contributed by atoms with Crippen molar-refractivity contribution < 1.29 is 14.6 Å². The van der Waals surface area contributed by atoms with E-state index in [0.29, 0.717) is 5.75 Å². The highest BCUT2D eigenvalue weighted by molar-refractivity contribution is 5.78. The molecule has 0 amide bonds. The average molecular weight is 473 g/mol. The van der Waals surface area contributed by atoms with Crippen LogP contribution in [-0.4, -0.2) is 32.4 Å². The number of aryl methyl sites for hydroxylation is 2. The fourth-order valence-electron chi connectivity index (χ4n) is 3.96.